The van der Waals surface area contributed by atoms with Crippen LogP contribution in [0.15, 0.2) is 6.07 Å². The number of fused-ring (bicyclic) bond motifs is 1. The fourth-order valence-corrected chi connectivity index (χ4v) is 1.46. The van der Waals surface area contributed by atoms with Gasteiger partial charge in [0.25, 0.3) is 0 Å². The lowest BCUT2D eigenvalue weighted by Gasteiger charge is -2.02. The van der Waals surface area contributed by atoms with E-state index in [-0.39, 0.29) is 0 Å². The van der Waals surface area contributed by atoms with Crippen LogP contribution in [0.1, 0.15) is 12.7 Å². The van der Waals surface area contributed by atoms with E-state index in [2.05, 4.69) is 15.2 Å². The number of ether oxygens (including phenoxy) is 1. The molecule has 0 saturated heterocycles. The first kappa shape index (κ1) is 9.21. The molecule has 0 bridgehead atoms. The highest BCUT2D eigenvalue weighted by Crippen LogP contribution is 2.15. The SMILES string of the molecule is CCOc1nnc2cc(Cl)nc(C)n12. The third-order valence-corrected chi connectivity index (χ3v) is 1.97. The fourth-order valence-electron chi connectivity index (χ4n) is 1.24. The van der Waals surface area contributed by atoms with Gasteiger partial charge in [-0.05, 0) is 13.8 Å². The molecule has 0 spiro atoms. The zero-order valence-corrected chi connectivity index (χ0v) is 8.62. The molecule has 0 radical (unpaired) electrons. The predicted molar refractivity (Wildman–Crippen MR) is 51.7 cm³/mol. The van der Waals surface area contributed by atoms with E-state index in [0.29, 0.717) is 29.2 Å². The summed E-state index contributed by atoms with van der Waals surface area (Å²) in [6, 6.07) is 2.09. The minimum atomic E-state index is 0.408. The highest BCUT2D eigenvalue weighted by Gasteiger charge is 2.09. The van der Waals surface area contributed by atoms with Gasteiger partial charge < -0.3 is 4.74 Å². The molecule has 2 aromatic rings. The van der Waals surface area contributed by atoms with Gasteiger partial charge in [0, 0.05) is 6.07 Å². The maximum atomic E-state index is 5.78. The lowest BCUT2D eigenvalue weighted by molar-refractivity contribution is 0.308. The molecular weight excluding hydrogens is 204 g/mol. The van der Waals surface area contributed by atoms with E-state index in [0.717, 1.165) is 0 Å². The van der Waals surface area contributed by atoms with Crippen LogP contribution in [-0.4, -0.2) is 26.2 Å². The molecule has 0 amide bonds. The van der Waals surface area contributed by atoms with Crippen LogP contribution in [-0.2, 0) is 0 Å². The Morgan fingerprint density at radius 1 is 1.50 bits per heavy atom. The molecule has 0 N–H and O–H groups in total. The number of aromatic nitrogens is 4. The van der Waals surface area contributed by atoms with Crippen LogP contribution in [0, 0.1) is 6.92 Å². The zero-order chi connectivity index (χ0) is 10.1. The molecule has 2 rings (SSSR count). The van der Waals surface area contributed by atoms with E-state index in [4.69, 9.17) is 16.3 Å². The molecular formula is C8H9ClN4O. The van der Waals surface area contributed by atoms with Crippen LogP contribution >= 0.6 is 11.6 Å². The Hall–Kier alpha value is -1.36. The van der Waals surface area contributed by atoms with Gasteiger partial charge in [-0.15, -0.1) is 5.10 Å². The number of hydrogen-bond acceptors (Lipinski definition) is 4. The molecule has 14 heavy (non-hydrogen) atoms. The molecule has 0 aliphatic rings. The van der Waals surface area contributed by atoms with E-state index in [1.165, 1.54) is 0 Å². The van der Waals surface area contributed by atoms with Gasteiger partial charge in [-0.3, -0.25) is 0 Å². The van der Waals surface area contributed by atoms with Crippen LogP contribution in [0.3, 0.4) is 0 Å². The van der Waals surface area contributed by atoms with Crippen molar-refractivity contribution in [1.29, 1.82) is 0 Å². The lowest BCUT2D eigenvalue weighted by atomic mass is 10.5. The Morgan fingerprint density at radius 3 is 3.00 bits per heavy atom. The summed E-state index contributed by atoms with van der Waals surface area (Å²) in [5.41, 5.74) is 0.644. The molecule has 6 heteroatoms. The van der Waals surface area contributed by atoms with Crippen molar-refractivity contribution < 1.29 is 4.74 Å². The summed E-state index contributed by atoms with van der Waals surface area (Å²) in [6.45, 7) is 4.26. The van der Waals surface area contributed by atoms with E-state index < -0.39 is 0 Å². The molecule has 74 valence electrons. The quantitative estimate of drug-likeness (QED) is 0.708. The number of aryl methyl sites for hydroxylation is 1. The van der Waals surface area contributed by atoms with Crippen molar-refractivity contribution in [2.75, 3.05) is 6.61 Å². The third kappa shape index (κ3) is 1.39. The molecule has 0 aliphatic carbocycles. The van der Waals surface area contributed by atoms with Crippen LogP contribution in [0.4, 0.5) is 0 Å². The summed E-state index contributed by atoms with van der Waals surface area (Å²) < 4.78 is 7.00. The summed E-state index contributed by atoms with van der Waals surface area (Å²) in [5, 5.41) is 8.21. The normalized spacial score (nSPS) is 10.8. The van der Waals surface area contributed by atoms with E-state index in [1.54, 1.807) is 10.5 Å². The monoisotopic (exact) mass is 212 g/mol. The van der Waals surface area contributed by atoms with Gasteiger partial charge in [-0.25, -0.2) is 9.38 Å². The second kappa shape index (κ2) is 3.42. The largest absolute Gasteiger partial charge is 0.464 e. The fraction of sp³-hybridized carbons (Fsp3) is 0.375. The van der Waals surface area contributed by atoms with Gasteiger partial charge in [0.15, 0.2) is 5.65 Å². The van der Waals surface area contributed by atoms with Gasteiger partial charge >= 0.3 is 6.01 Å². The summed E-state index contributed by atoms with van der Waals surface area (Å²) in [7, 11) is 0. The second-order valence-electron chi connectivity index (χ2n) is 2.74. The van der Waals surface area contributed by atoms with Crippen LogP contribution in [0.25, 0.3) is 5.65 Å². The molecule has 2 aromatic heterocycles. The van der Waals surface area contributed by atoms with Crippen molar-refractivity contribution in [1.82, 2.24) is 19.6 Å². The standard InChI is InChI=1S/C8H9ClN4O/c1-3-14-8-12-11-7-4-6(9)10-5(2)13(7)8/h4H,3H2,1-2H3. The minimum absolute atomic E-state index is 0.408. The number of hydrogen-bond donors (Lipinski definition) is 0. The summed E-state index contributed by atoms with van der Waals surface area (Å²) in [5.74, 6) is 0.709. The maximum absolute atomic E-state index is 5.78. The average molecular weight is 213 g/mol. The second-order valence-corrected chi connectivity index (χ2v) is 3.12. The molecule has 2 heterocycles. The Kier molecular flexibility index (Phi) is 2.25. The van der Waals surface area contributed by atoms with Crippen molar-refractivity contribution in [3.05, 3.63) is 17.0 Å². The summed E-state index contributed by atoms with van der Waals surface area (Å²) in [6.07, 6.45) is 0. The number of rotatable bonds is 2. The van der Waals surface area contributed by atoms with Crippen LogP contribution in [0.5, 0.6) is 6.01 Å². The first-order valence-corrected chi connectivity index (χ1v) is 4.61. The third-order valence-electron chi connectivity index (χ3n) is 1.77. The average Bonchev–Trinajstić information content (AvgIpc) is 2.49. The van der Waals surface area contributed by atoms with E-state index in [9.17, 15) is 0 Å². The Balaban J connectivity index is 2.66. The molecule has 0 unspecified atom stereocenters. The molecule has 5 nitrogen and oxygen atoms in total. The smallest absolute Gasteiger partial charge is 0.322 e. The highest BCUT2D eigenvalue weighted by atomic mass is 35.5. The topological polar surface area (TPSA) is 52.3 Å². The van der Waals surface area contributed by atoms with E-state index in [1.807, 2.05) is 13.8 Å². The first-order valence-electron chi connectivity index (χ1n) is 4.23. The van der Waals surface area contributed by atoms with Crippen molar-refractivity contribution in [3.8, 4) is 6.01 Å². The number of halogens is 1. The van der Waals surface area contributed by atoms with Crippen molar-refractivity contribution >= 4 is 17.2 Å². The molecule has 0 saturated carbocycles. The van der Waals surface area contributed by atoms with Crippen LogP contribution in [0.2, 0.25) is 5.15 Å². The molecule has 0 aliphatic heterocycles. The van der Waals surface area contributed by atoms with Crippen molar-refractivity contribution in [3.63, 3.8) is 0 Å². The van der Waals surface area contributed by atoms with Gasteiger partial charge in [-0.2, -0.15) is 0 Å². The highest BCUT2D eigenvalue weighted by molar-refractivity contribution is 6.29. The molecule has 0 aromatic carbocycles. The maximum Gasteiger partial charge on any atom is 0.322 e. The first-order chi connectivity index (χ1) is 6.72. The van der Waals surface area contributed by atoms with Crippen molar-refractivity contribution in [2.24, 2.45) is 0 Å². The summed E-state index contributed by atoms with van der Waals surface area (Å²) >= 11 is 5.78. The van der Waals surface area contributed by atoms with Crippen LogP contribution < -0.4 is 4.74 Å². The summed E-state index contributed by atoms with van der Waals surface area (Å²) in [4.78, 5) is 4.09. The molecule has 0 atom stereocenters. The Labute approximate surface area is 85.7 Å². The lowest BCUT2D eigenvalue weighted by Crippen LogP contribution is -2.01. The predicted octanol–water partition coefficient (Wildman–Crippen LogP) is 1.48. The van der Waals surface area contributed by atoms with Gasteiger partial charge in [0.1, 0.15) is 11.0 Å². The zero-order valence-electron chi connectivity index (χ0n) is 7.86. The Bertz CT molecular complexity index is 468. The van der Waals surface area contributed by atoms with Gasteiger partial charge in [-0.1, -0.05) is 16.7 Å². The number of nitrogens with zero attached hydrogens (tertiary/aromatic N) is 4. The van der Waals surface area contributed by atoms with E-state index >= 15 is 0 Å². The Morgan fingerprint density at radius 2 is 2.29 bits per heavy atom. The van der Waals surface area contributed by atoms with Gasteiger partial charge in [0.05, 0.1) is 6.61 Å². The van der Waals surface area contributed by atoms with Crippen molar-refractivity contribution in [2.45, 2.75) is 13.8 Å². The minimum Gasteiger partial charge on any atom is -0.464 e. The van der Waals surface area contributed by atoms with Gasteiger partial charge in [0.2, 0.25) is 0 Å². The molecule has 0 fully saturated rings.